The maximum Gasteiger partial charge on any atom is 0.0710 e. The molecule has 1 N–H and O–H groups in total. The van der Waals surface area contributed by atoms with Gasteiger partial charge in [0.1, 0.15) is 0 Å². The van der Waals surface area contributed by atoms with E-state index in [4.69, 9.17) is 4.74 Å². The molecule has 13 heavy (non-hydrogen) atoms. The number of hydrogen-bond donors (Lipinski definition) is 1. The molecule has 0 spiro atoms. The molecule has 0 aromatic carbocycles. The van der Waals surface area contributed by atoms with E-state index in [0.29, 0.717) is 6.10 Å². The Morgan fingerprint density at radius 1 is 1.23 bits per heavy atom. The first-order chi connectivity index (χ1) is 6.40. The van der Waals surface area contributed by atoms with Crippen molar-refractivity contribution in [1.82, 2.24) is 10.2 Å². The fourth-order valence-electron chi connectivity index (χ4n) is 2.45. The molecule has 2 aliphatic rings. The molecule has 2 fully saturated rings. The number of likely N-dealkylation sites (tertiary alicyclic amines) is 1. The van der Waals surface area contributed by atoms with Crippen molar-refractivity contribution in [2.24, 2.45) is 0 Å². The van der Waals surface area contributed by atoms with Crippen LogP contribution in [-0.4, -0.2) is 50.3 Å². The largest absolute Gasteiger partial charge is 0.380 e. The molecule has 2 aliphatic heterocycles. The zero-order valence-corrected chi connectivity index (χ0v) is 8.46. The number of ether oxygens (including phenoxy) is 1. The van der Waals surface area contributed by atoms with Gasteiger partial charge in [0.2, 0.25) is 0 Å². The zero-order chi connectivity index (χ0) is 9.10. The molecule has 1 atom stereocenters. The third-order valence-electron chi connectivity index (χ3n) is 3.33. The molecule has 2 rings (SSSR count). The van der Waals surface area contributed by atoms with E-state index in [1.807, 2.05) is 7.11 Å². The first kappa shape index (κ1) is 9.44. The van der Waals surface area contributed by atoms with Crippen LogP contribution in [0.4, 0.5) is 0 Å². The van der Waals surface area contributed by atoms with Gasteiger partial charge >= 0.3 is 0 Å². The van der Waals surface area contributed by atoms with Gasteiger partial charge in [0, 0.05) is 26.2 Å². The van der Waals surface area contributed by atoms with Crippen LogP contribution in [0.3, 0.4) is 0 Å². The summed E-state index contributed by atoms with van der Waals surface area (Å²) in [5, 5.41) is 3.41. The minimum atomic E-state index is 0.495. The lowest BCUT2D eigenvalue weighted by Crippen LogP contribution is -2.42. The molecule has 2 heterocycles. The molecule has 3 heteroatoms. The van der Waals surface area contributed by atoms with E-state index in [-0.39, 0.29) is 0 Å². The third-order valence-corrected chi connectivity index (χ3v) is 3.33. The van der Waals surface area contributed by atoms with Crippen LogP contribution in [-0.2, 0) is 4.74 Å². The van der Waals surface area contributed by atoms with Crippen LogP contribution in [0.1, 0.15) is 19.3 Å². The van der Waals surface area contributed by atoms with Crippen molar-refractivity contribution in [3.8, 4) is 0 Å². The fraction of sp³-hybridized carbons (Fsp3) is 1.00. The number of nitrogens with one attached hydrogen (secondary N) is 1. The number of nitrogens with zero attached hydrogens (tertiary/aromatic N) is 1. The van der Waals surface area contributed by atoms with Gasteiger partial charge in [0.05, 0.1) is 6.10 Å². The molecule has 0 saturated carbocycles. The summed E-state index contributed by atoms with van der Waals surface area (Å²) >= 11 is 0. The van der Waals surface area contributed by atoms with Crippen molar-refractivity contribution < 1.29 is 4.74 Å². The monoisotopic (exact) mass is 184 g/mol. The molecule has 0 aromatic heterocycles. The standard InChI is InChI=1S/C10H20N2O/c1-13-10-4-7-12(8-10)9-2-5-11-6-3-9/h9-11H,2-8H2,1H3. The van der Waals surface area contributed by atoms with Gasteiger partial charge in [0.15, 0.2) is 0 Å². The summed E-state index contributed by atoms with van der Waals surface area (Å²) in [7, 11) is 1.83. The van der Waals surface area contributed by atoms with E-state index in [2.05, 4.69) is 10.2 Å². The molecule has 76 valence electrons. The van der Waals surface area contributed by atoms with Crippen LogP contribution in [0.25, 0.3) is 0 Å². The van der Waals surface area contributed by atoms with Gasteiger partial charge in [-0.15, -0.1) is 0 Å². The van der Waals surface area contributed by atoms with Gasteiger partial charge < -0.3 is 10.1 Å². The molecule has 0 bridgehead atoms. The van der Waals surface area contributed by atoms with Crippen molar-refractivity contribution in [2.45, 2.75) is 31.4 Å². The molecule has 0 amide bonds. The average Bonchev–Trinajstić information content (AvgIpc) is 2.67. The fourth-order valence-corrected chi connectivity index (χ4v) is 2.45. The molecule has 2 saturated heterocycles. The van der Waals surface area contributed by atoms with E-state index in [1.54, 1.807) is 0 Å². The van der Waals surface area contributed by atoms with Crippen LogP contribution < -0.4 is 5.32 Å². The summed E-state index contributed by atoms with van der Waals surface area (Å²) in [4.78, 5) is 2.61. The van der Waals surface area contributed by atoms with Gasteiger partial charge in [-0.05, 0) is 32.4 Å². The minimum absolute atomic E-state index is 0.495. The highest BCUT2D eigenvalue weighted by molar-refractivity contribution is 4.84. The minimum Gasteiger partial charge on any atom is -0.380 e. The van der Waals surface area contributed by atoms with Crippen molar-refractivity contribution >= 4 is 0 Å². The van der Waals surface area contributed by atoms with Crippen molar-refractivity contribution in [3.05, 3.63) is 0 Å². The summed E-state index contributed by atoms with van der Waals surface area (Å²) in [6, 6.07) is 0.821. The van der Waals surface area contributed by atoms with E-state index >= 15 is 0 Å². The van der Waals surface area contributed by atoms with Crippen molar-refractivity contribution in [2.75, 3.05) is 33.3 Å². The number of piperidine rings is 1. The Labute approximate surface area is 80.4 Å². The maximum atomic E-state index is 5.37. The Hall–Kier alpha value is -0.120. The zero-order valence-electron chi connectivity index (χ0n) is 8.46. The van der Waals surface area contributed by atoms with Gasteiger partial charge in [-0.2, -0.15) is 0 Å². The molecule has 0 aliphatic carbocycles. The number of hydrogen-bond acceptors (Lipinski definition) is 3. The SMILES string of the molecule is COC1CCN(C2CCNCC2)C1. The predicted molar refractivity (Wildman–Crippen MR) is 52.9 cm³/mol. The maximum absolute atomic E-state index is 5.37. The lowest BCUT2D eigenvalue weighted by molar-refractivity contribution is 0.0965. The number of rotatable bonds is 2. The Morgan fingerprint density at radius 3 is 2.62 bits per heavy atom. The Bertz CT molecular complexity index is 157. The topological polar surface area (TPSA) is 24.5 Å². The van der Waals surface area contributed by atoms with Gasteiger partial charge in [-0.1, -0.05) is 0 Å². The Balaban J connectivity index is 1.80. The van der Waals surface area contributed by atoms with E-state index in [0.717, 1.165) is 12.6 Å². The average molecular weight is 184 g/mol. The smallest absolute Gasteiger partial charge is 0.0710 e. The second-order valence-corrected chi connectivity index (χ2v) is 4.12. The molecule has 3 nitrogen and oxygen atoms in total. The highest BCUT2D eigenvalue weighted by Gasteiger charge is 2.28. The summed E-state index contributed by atoms with van der Waals surface area (Å²) in [6.45, 7) is 4.78. The molecule has 1 unspecified atom stereocenters. The van der Waals surface area contributed by atoms with Crippen LogP contribution in [0.5, 0.6) is 0 Å². The molecular weight excluding hydrogens is 164 g/mol. The van der Waals surface area contributed by atoms with Gasteiger partial charge in [-0.3, -0.25) is 4.90 Å². The van der Waals surface area contributed by atoms with E-state index in [9.17, 15) is 0 Å². The highest BCUT2D eigenvalue weighted by Crippen LogP contribution is 2.19. The summed E-state index contributed by atoms with van der Waals surface area (Å²) in [5.74, 6) is 0. The Kier molecular flexibility index (Phi) is 3.19. The first-order valence-electron chi connectivity index (χ1n) is 5.37. The van der Waals surface area contributed by atoms with E-state index < -0.39 is 0 Å². The second-order valence-electron chi connectivity index (χ2n) is 4.12. The third kappa shape index (κ3) is 2.22. The summed E-state index contributed by atoms with van der Waals surface area (Å²) < 4.78 is 5.37. The highest BCUT2D eigenvalue weighted by atomic mass is 16.5. The molecule has 0 aromatic rings. The van der Waals surface area contributed by atoms with Crippen LogP contribution >= 0.6 is 0 Å². The summed E-state index contributed by atoms with van der Waals surface area (Å²) in [5.41, 5.74) is 0. The van der Waals surface area contributed by atoms with Gasteiger partial charge in [0.25, 0.3) is 0 Å². The lowest BCUT2D eigenvalue weighted by Gasteiger charge is -2.31. The van der Waals surface area contributed by atoms with E-state index in [1.165, 1.54) is 38.9 Å². The molecule has 0 radical (unpaired) electrons. The van der Waals surface area contributed by atoms with Crippen LogP contribution in [0.15, 0.2) is 0 Å². The van der Waals surface area contributed by atoms with Crippen molar-refractivity contribution in [1.29, 1.82) is 0 Å². The number of methoxy groups -OCH3 is 1. The van der Waals surface area contributed by atoms with Crippen LogP contribution in [0.2, 0.25) is 0 Å². The molecular formula is C10H20N2O. The van der Waals surface area contributed by atoms with Crippen molar-refractivity contribution in [3.63, 3.8) is 0 Å². The quantitative estimate of drug-likeness (QED) is 0.675. The Morgan fingerprint density at radius 2 is 2.00 bits per heavy atom. The first-order valence-corrected chi connectivity index (χ1v) is 5.37. The second kappa shape index (κ2) is 4.40. The normalized spacial score (nSPS) is 32.5. The predicted octanol–water partition coefficient (Wildman–Crippen LogP) is 0.459. The van der Waals surface area contributed by atoms with Gasteiger partial charge in [-0.25, -0.2) is 0 Å². The van der Waals surface area contributed by atoms with Crippen LogP contribution in [0, 0.1) is 0 Å². The summed E-state index contributed by atoms with van der Waals surface area (Å²) in [6.07, 6.45) is 4.35. The lowest BCUT2D eigenvalue weighted by atomic mass is 10.1.